The summed E-state index contributed by atoms with van der Waals surface area (Å²) in [4.78, 5) is 18.3. The molecule has 1 N–H and O–H groups in total. The van der Waals surface area contributed by atoms with Gasteiger partial charge in [-0.05, 0) is 25.8 Å². The van der Waals surface area contributed by atoms with Crippen molar-refractivity contribution in [3.63, 3.8) is 0 Å². The number of aromatic nitrogens is 2. The van der Waals surface area contributed by atoms with Crippen LogP contribution < -0.4 is 5.32 Å². The number of hydrogen-bond acceptors (Lipinski definition) is 3. The van der Waals surface area contributed by atoms with Crippen LogP contribution in [0, 0.1) is 0 Å². The maximum absolute atomic E-state index is 12.0. The zero-order chi connectivity index (χ0) is 13.5. The second-order valence-corrected chi connectivity index (χ2v) is 5.13. The van der Waals surface area contributed by atoms with E-state index in [4.69, 9.17) is 0 Å². The molecule has 0 aromatic carbocycles. The fourth-order valence-corrected chi connectivity index (χ4v) is 2.36. The Morgan fingerprint density at radius 3 is 2.89 bits per heavy atom. The first-order valence-corrected chi connectivity index (χ1v) is 7.28. The molecule has 1 aliphatic heterocycles. The maximum atomic E-state index is 12.0. The normalized spacial score (nSPS) is 15.1. The fraction of sp³-hybridized carbons (Fsp3) is 0.714. The minimum Gasteiger partial charge on any atom is -0.341 e. The van der Waals surface area contributed by atoms with Crippen LogP contribution in [0.4, 0.5) is 0 Å². The Hall–Kier alpha value is -1.36. The third-order valence-corrected chi connectivity index (χ3v) is 3.45. The van der Waals surface area contributed by atoms with Gasteiger partial charge in [-0.15, -0.1) is 0 Å². The lowest BCUT2D eigenvalue weighted by Crippen LogP contribution is -2.30. The largest absolute Gasteiger partial charge is 0.341 e. The molecule has 0 aliphatic carbocycles. The average Bonchev–Trinajstić information content (AvgIpc) is 3.06. The quantitative estimate of drug-likeness (QED) is 0.749. The lowest BCUT2D eigenvalue weighted by atomic mass is 10.3. The molecule has 19 heavy (non-hydrogen) atoms. The molecular weight excluding hydrogens is 240 g/mol. The summed E-state index contributed by atoms with van der Waals surface area (Å²) in [6, 6.07) is 0. The predicted octanol–water partition coefficient (Wildman–Crippen LogP) is 1.05. The number of rotatable bonds is 7. The highest BCUT2D eigenvalue weighted by Crippen LogP contribution is 2.08. The van der Waals surface area contributed by atoms with E-state index in [0.29, 0.717) is 6.54 Å². The van der Waals surface area contributed by atoms with Gasteiger partial charge in [0.15, 0.2) is 0 Å². The van der Waals surface area contributed by atoms with Crippen molar-refractivity contribution in [3.05, 3.63) is 18.2 Å². The van der Waals surface area contributed by atoms with E-state index in [2.05, 4.69) is 17.2 Å². The van der Waals surface area contributed by atoms with Gasteiger partial charge in [0.1, 0.15) is 6.54 Å². The Kier molecular flexibility index (Phi) is 5.39. The highest BCUT2D eigenvalue weighted by Gasteiger charge is 2.17. The molecule has 0 atom stereocenters. The van der Waals surface area contributed by atoms with Gasteiger partial charge in [-0.25, -0.2) is 4.98 Å². The van der Waals surface area contributed by atoms with Gasteiger partial charge in [0.2, 0.25) is 5.91 Å². The van der Waals surface area contributed by atoms with Crippen molar-refractivity contribution in [1.82, 2.24) is 19.8 Å². The molecule has 1 aromatic rings. The average molecular weight is 264 g/mol. The summed E-state index contributed by atoms with van der Waals surface area (Å²) < 4.78 is 1.90. The molecule has 0 spiro atoms. The van der Waals surface area contributed by atoms with Gasteiger partial charge in [0.25, 0.3) is 0 Å². The summed E-state index contributed by atoms with van der Waals surface area (Å²) >= 11 is 0. The smallest absolute Gasteiger partial charge is 0.242 e. The van der Waals surface area contributed by atoms with Crippen LogP contribution in [-0.4, -0.2) is 46.5 Å². The van der Waals surface area contributed by atoms with E-state index >= 15 is 0 Å². The van der Waals surface area contributed by atoms with Gasteiger partial charge < -0.3 is 14.8 Å². The lowest BCUT2D eigenvalue weighted by Gasteiger charge is -2.14. The highest BCUT2D eigenvalue weighted by atomic mass is 16.2. The molecule has 0 radical (unpaired) electrons. The number of nitrogens with zero attached hydrogens (tertiary/aromatic N) is 3. The highest BCUT2D eigenvalue weighted by molar-refractivity contribution is 5.76. The van der Waals surface area contributed by atoms with E-state index < -0.39 is 0 Å². The first-order valence-electron chi connectivity index (χ1n) is 7.28. The SMILES string of the molecule is CCCNCCc1cn(CC(=O)N2CCCC2)cn1. The van der Waals surface area contributed by atoms with Gasteiger partial charge in [0.05, 0.1) is 12.0 Å². The number of hydrogen-bond donors (Lipinski definition) is 1. The van der Waals surface area contributed by atoms with E-state index in [0.717, 1.165) is 57.6 Å². The van der Waals surface area contributed by atoms with Crippen molar-refractivity contribution in [2.45, 2.75) is 39.2 Å². The van der Waals surface area contributed by atoms with Gasteiger partial charge in [-0.1, -0.05) is 6.92 Å². The number of imidazole rings is 1. The monoisotopic (exact) mass is 264 g/mol. The van der Waals surface area contributed by atoms with Crippen LogP contribution in [0.25, 0.3) is 0 Å². The molecule has 1 aromatic heterocycles. The Morgan fingerprint density at radius 2 is 2.16 bits per heavy atom. The molecule has 2 heterocycles. The maximum Gasteiger partial charge on any atom is 0.242 e. The molecule has 1 aliphatic rings. The Balaban J connectivity index is 1.75. The summed E-state index contributed by atoms with van der Waals surface area (Å²) in [6.45, 7) is 6.42. The third-order valence-electron chi connectivity index (χ3n) is 3.45. The molecule has 1 amide bonds. The molecule has 0 bridgehead atoms. The fourth-order valence-electron chi connectivity index (χ4n) is 2.36. The van der Waals surface area contributed by atoms with Crippen LogP contribution in [0.15, 0.2) is 12.5 Å². The van der Waals surface area contributed by atoms with E-state index in [1.165, 1.54) is 0 Å². The molecule has 1 saturated heterocycles. The molecule has 106 valence electrons. The molecule has 5 nitrogen and oxygen atoms in total. The zero-order valence-corrected chi connectivity index (χ0v) is 11.8. The second-order valence-electron chi connectivity index (χ2n) is 5.13. The van der Waals surface area contributed by atoms with E-state index in [-0.39, 0.29) is 5.91 Å². The molecule has 0 saturated carbocycles. The summed E-state index contributed by atoms with van der Waals surface area (Å²) in [6.07, 6.45) is 8.11. The van der Waals surface area contributed by atoms with Crippen LogP contribution in [-0.2, 0) is 17.8 Å². The number of amides is 1. The lowest BCUT2D eigenvalue weighted by molar-refractivity contribution is -0.130. The van der Waals surface area contributed by atoms with Crippen LogP contribution in [0.3, 0.4) is 0 Å². The van der Waals surface area contributed by atoms with Gasteiger partial charge >= 0.3 is 0 Å². The molecule has 5 heteroatoms. The van der Waals surface area contributed by atoms with Crippen LogP contribution in [0.5, 0.6) is 0 Å². The Morgan fingerprint density at radius 1 is 1.37 bits per heavy atom. The molecular formula is C14H24N4O. The minimum absolute atomic E-state index is 0.213. The number of nitrogens with one attached hydrogen (secondary N) is 1. The van der Waals surface area contributed by atoms with Crippen molar-refractivity contribution in [3.8, 4) is 0 Å². The van der Waals surface area contributed by atoms with Crippen molar-refractivity contribution in [2.24, 2.45) is 0 Å². The second kappa shape index (κ2) is 7.28. The van der Waals surface area contributed by atoms with Crippen LogP contribution in [0.2, 0.25) is 0 Å². The van der Waals surface area contributed by atoms with Crippen molar-refractivity contribution in [1.29, 1.82) is 0 Å². The van der Waals surface area contributed by atoms with Crippen molar-refractivity contribution in [2.75, 3.05) is 26.2 Å². The van der Waals surface area contributed by atoms with Crippen molar-refractivity contribution < 1.29 is 4.79 Å². The minimum atomic E-state index is 0.213. The number of carbonyl (C=O) groups excluding carboxylic acids is 1. The summed E-state index contributed by atoms with van der Waals surface area (Å²) in [7, 11) is 0. The van der Waals surface area contributed by atoms with Gasteiger partial charge in [-0.2, -0.15) is 0 Å². The summed E-state index contributed by atoms with van der Waals surface area (Å²) in [5.41, 5.74) is 1.05. The van der Waals surface area contributed by atoms with Crippen LogP contribution >= 0.6 is 0 Å². The third kappa shape index (κ3) is 4.35. The van der Waals surface area contributed by atoms with E-state index in [9.17, 15) is 4.79 Å². The van der Waals surface area contributed by atoms with E-state index in [1.54, 1.807) is 6.33 Å². The number of likely N-dealkylation sites (tertiary alicyclic amines) is 1. The Labute approximate surface area is 115 Å². The first kappa shape index (κ1) is 14.1. The van der Waals surface area contributed by atoms with E-state index in [1.807, 2.05) is 15.7 Å². The zero-order valence-electron chi connectivity index (χ0n) is 11.8. The molecule has 2 rings (SSSR count). The van der Waals surface area contributed by atoms with Crippen LogP contribution in [0.1, 0.15) is 31.9 Å². The molecule has 1 fully saturated rings. The summed E-state index contributed by atoms with van der Waals surface area (Å²) in [5.74, 6) is 0.213. The summed E-state index contributed by atoms with van der Waals surface area (Å²) in [5, 5.41) is 3.35. The predicted molar refractivity (Wildman–Crippen MR) is 74.9 cm³/mol. The first-order chi connectivity index (χ1) is 9.29. The molecule has 0 unspecified atom stereocenters. The van der Waals surface area contributed by atoms with Gasteiger partial charge in [-0.3, -0.25) is 4.79 Å². The Bertz CT molecular complexity index is 396. The topological polar surface area (TPSA) is 50.2 Å². The number of carbonyl (C=O) groups is 1. The standard InChI is InChI=1S/C14H24N4O/c1-2-6-15-7-5-13-10-17(12-16-13)11-14(19)18-8-3-4-9-18/h10,12,15H,2-9,11H2,1H3. The van der Waals surface area contributed by atoms with Gasteiger partial charge in [0, 0.05) is 32.3 Å². The van der Waals surface area contributed by atoms with Crippen molar-refractivity contribution >= 4 is 5.91 Å².